The van der Waals surface area contributed by atoms with E-state index in [0.29, 0.717) is 6.42 Å². The standard InChI is InChI=1S/C7H13NO3/c1-8-4-2-3-7(11,5-8)6(9)10/h11H,2-5H2,1H3,(H,9,10). The van der Waals surface area contributed by atoms with E-state index < -0.39 is 11.6 Å². The Morgan fingerprint density at radius 2 is 2.27 bits per heavy atom. The molecule has 0 radical (unpaired) electrons. The van der Waals surface area contributed by atoms with Crippen LogP contribution in [0.1, 0.15) is 12.8 Å². The van der Waals surface area contributed by atoms with Crippen molar-refractivity contribution in [3.63, 3.8) is 0 Å². The van der Waals surface area contributed by atoms with E-state index in [0.717, 1.165) is 13.0 Å². The van der Waals surface area contributed by atoms with Gasteiger partial charge in [-0.15, -0.1) is 0 Å². The third-order valence-corrected chi connectivity index (χ3v) is 2.06. The fraction of sp³-hybridized carbons (Fsp3) is 0.857. The van der Waals surface area contributed by atoms with Crippen molar-refractivity contribution >= 4 is 5.97 Å². The summed E-state index contributed by atoms with van der Waals surface area (Å²) in [5, 5.41) is 18.1. The van der Waals surface area contributed by atoms with Gasteiger partial charge in [-0.25, -0.2) is 4.79 Å². The Bertz CT molecular complexity index is 171. The van der Waals surface area contributed by atoms with Crippen LogP contribution in [-0.2, 0) is 4.79 Å². The number of hydrogen-bond acceptors (Lipinski definition) is 3. The van der Waals surface area contributed by atoms with Crippen LogP contribution in [0, 0.1) is 0 Å². The molecular weight excluding hydrogens is 146 g/mol. The molecule has 4 nitrogen and oxygen atoms in total. The van der Waals surface area contributed by atoms with Gasteiger partial charge in [0.2, 0.25) is 0 Å². The van der Waals surface area contributed by atoms with Crippen LogP contribution in [0.15, 0.2) is 0 Å². The van der Waals surface area contributed by atoms with Crippen LogP contribution < -0.4 is 0 Å². The summed E-state index contributed by atoms with van der Waals surface area (Å²) in [7, 11) is 1.81. The van der Waals surface area contributed by atoms with E-state index >= 15 is 0 Å². The minimum absolute atomic E-state index is 0.238. The molecule has 0 saturated carbocycles. The van der Waals surface area contributed by atoms with Crippen LogP contribution in [0.3, 0.4) is 0 Å². The molecule has 0 aliphatic carbocycles. The summed E-state index contributed by atoms with van der Waals surface area (Å²) < 4.78 is 0. The number of rotatable bonds is 1. The molecule has 1 atom stereocenters. The van der Waals surface area contributed by atoms with Crippen LogP contribution in [0.2, 0.25) is 0 Å². The van der Waals surface area contributed by atoms with E-state index in [4.69, 9.17) is 5.11 Å². The first kappa shape index (κ1) is 8.49. The summed E-state index contributed by atoms with van der Waals surface area (Å²) in [5.74, 6) is -1.11. The number of nitrogens with zero attached hydrogens (tertiary/aromatic N) is 1. The fourth-order valence-corrected chi connectivity index (χ4v) is 1.42. The maximum Gasteiger partial charge on any atom is 0.337 e. The maximum atomic E-state index is 10.5. The average molecular weight is 159 g/mol. The van der Waals surface area contributed by atoms with Gasteiger partial charge in [0.1, 0.15) is 0 Å². The van der Waals surface area contributed by atoms with Gasteiger partial charge in [-0.1, -0.05) is 0 Å². The topological polar surface area (TPSA) is 60.8 Å². The predicted molar refractivity (Wildman–Crippen MR) is 39.3 cm³/mol. The highest BCUT2D eigenvalue weighted by atomic mass is 16.4. The van der Waals surface area contributed by atoms with Crippen LogP contribution in [-0.4, -0.2) is 46.8 Å². The van der Waals surface area contributed by atoms with Gasteiger partial charge < -0.3 is 15.1 Å². The Morgan fingerprint density at radius 1 is 1.64 bits per heavy atom. The van der Waals surface area contributed by atoms with Gasteiger partial charge >= 0.3 is 5.97 Å². The van der Waals surface area contributed by atoms with Crippen LogP contribution >= 0.6 is 0 Å². The van der Waals surface area contributed by atoms with Gasteiger partial charge in [-0.2, -0.15) is 0 Å². The lowest BCUT2D eigenvalue weighted by Crippen LogP contribution is -2.51. The molecule has 1 heterocycles. The van der Waals surface area contributed by atoms with Gasteiger partial charge in [-0.05, 0) is 26.4 Å². The second kappa shape index (κ2) is 2.79. The average Bonchev–Trinajstić information content (AvgIpc) is 1.86. The quantitative estimate of drug-likeness (QED) is 0.543. The van der Waals surface area contributed by atoms with Crippen molar-refractivity contribution in [3.8, 4) is 0 Å². The highest BCUT2D eigenvalue weighted by molar-refractivity contribution is 5.77. The number of aliphatic hydroxyl groups is 1. The molecule has 0 bridgehead atoms. The molecular formula is C7H13NO3. The van der Waals surface area contributed by atoms with Crippen LogP contribution in [0.5, 0.6) is 0 Å². The number of carbonyl (C=O) groups is 1. The number of piperidine rings is 1. The van der Waals surface area contributed by atoms with E-state index in [1.165, 1.54) is 0 Å². The molecule has 64 valence electrons. The molecule has 1 unspecified atom stereocenters. The zero-order valence-corrected chi connectivity index (χ0v) is 6.58. The van der Waals surface area contributed by atoms with Crippen molar-refractivity contribution < 1.29 is 15.0 Å². The number of carboxylic acids is 1. The summed E-state index contributed by atoms with van der Waals surface area (Å²) in [6.45, 7) is 1.11. The maximum absolute atomic E-state index is 10.5. The SMILES string of the molecule is CN1CCCC(O)(C(=O)O)C1. The molecule has 4 heteroatoms. The zero-order chi connectivity index (χ0) is 8.48. The number of β-amino-alcohol motifs (C(OH)–C–C–N with tert-alkyl or cyclic N) is 1. The van der Waals surface area contributed by atoms with E-state index in [9.17, 15) is 9.90 Å². The third-order valence-electron chi connectivity index (χ3n) is 2.06. The van der Waals surface area contributed by atoms with Gasteiger partial charge in [0.15, 0.2) is 5.60 Å². The molecule has 11 heavy (non-hydrogen) atoms. The monoisotopic (exact) mass is 159 g/mol. The van der Waals surface area contributed by atoms with Crippen molar-refractivity contribution in [2.45, 2.75) is 18.4 Å². The second-order valence-electron chi connectivity index (χ2n) is 3.18. The highest BCUT2D eigenvalue weighted by Gasteiger charge is 2.39. The third kappa shape index (κ3) is 1.70. The number of likely N-dealkylation sites (tertiary alicyclic amines) is 1. The van der Waals surface area contributed by atoms with Crippen LogP contribution in [0.25, 0.3) is 0 Å². The zero-order valence-electron chi connectivity index (χ0n) is 6.58. The van der Waals surface area contributed by atoms with Gasteiger partial charge in [0.05, 0.1) is 0 Å². The molecule has 1 aliphatic heterocycles. The molecule has 1 rings (SSSR count). The number of hydrogen-bond donors (Lipinski definition) is 2. The molecule has 0 amide bonds. The van der Waals surface area contributed by atoms with Gasteiger partial charge in [-0.3, -0.25) is 0 Å². The predicted octanol–water partition coefficient (Wildman–Crippen LogP) is -0.472. The Hall–Kier alpha value is -0.610. The summed E-state index contributed by atoms with van der Waals surface area (Å²) in [5.41, 5.74) is -1.51. The Balaban J connectivity index is 2.63. The Kier molecular flexibility index (Phi) is 2.15. The molecule has 1 saturated heterocycles. The minimum Gasteiger partial charge on any atom is -0.479 e. The largest absolute Gasteiger partial charge is 0.479 e. The van der Waals surface area contributed by atoms with Crippen LogP contribution in [0.4, 0.5) is 0 Å². The van der Waals surface area contributed by atoms with E-state index in [1.807, 2.05) is 11.9 Å². The van der Waals surface area contributed by atoms with Crippen molar-refractivity contribution in [1.29, 1.82) is 0 Å². The first-order valence-electron chi connectivity index (χ1n) is 3.69. The molecule has 0 aromatic carbocycles. The summed E-state index contributed by atoms with van der Waals surface area (Å²) in [6.07, 6.45) is 1.12. The Morgan fingerprint density at radius 3 is 2.64 bits per heavy atom. The van der Waals surface area contributed by atoms with Gasteiger partial charge in [0, 0.05) is 6.54 Å². The molecule has 0 aromatic heterocycles. The summed E-state index contributed by atoms with van der Waals surface area (Å²) >= 11 is 0. The molecule has 1 fully saturated rings. The Labute approximate surface area is 65.4 Å². The molecule has 0 spiro atoms. The summed E-state index contributed by atoms with van der Waals surface area (Å²) in [6, 6.07) is 0. The first-order valence-corrected chi connectivity index (χ1v) is 3.69. The van der Waals surface area contributed by atoms with Gasteiger partial charge in [0.25, 0.3) is 0 Å². The number of aliphatic carboxylic acids is 1. The number of likely N-dealkylation sites (N-methyl/N-ethyl adjacent to an activating group) is 1. The fourth-order valence-electron chi connectivity index (χ4n) is 1.42. The van der Waals surface area contributed by atoms with Crippen molar-refractivity contribution in [2.75, 3.05) is 20.1 Å². The molecule has 0 aromatic rings. The highest BCUT2D eigenvalue weighted by Crippen LogP contribution is 2.19. The lowest BCUT2D eigenvalue weighted by molar-refractivity contribution is -0.163. The normalized spacial score (nSPS) is 33.6. The number of carboxylic acid groups (broad SMARTS) is 1. The van der Waals surface area contributed by atoms with Crippen molar-refractivity contribution in [2.24, 2.45) is 0 Å². The lowest BCUT2D eigenvalue weighted by atomic mass is 9.93. The minimum atomic E-state index is -1.51. The lowest BCUT2D eigenvalue weighted by Gasteiger charge is -2.33. The van der Waals surface area contributed by atoms with E-state index in [2.05, 4.69) is 0 Å². The van der Waals surface area contributed by atoms with Crippen molar-refractivity contribution in [3.05, 3.63) is 0 Å². The molecule has 2 N–H and O–H groups in total. The summed E-state index contributed by atoms with van der Waals surface area (Å²) in [4.78, 5) is 12.4. The molecule has 1 aliphatic rings. The van der Waals surface area contributed by atoms with E-state index in [1.54, 1.807) is 0 Å². The second-order valence-corrected chi connectivity index (χ2v) is 3.18. The van der Waals surface area contributed by atoms with Crippen molar-refractivity contribution in [1.82, 2.24) is 4.90 Å². The van der Waals surface area contributed by atoms with E-state index in [-0.39, 0.29) is 6.54 Å². The first-order chi connectivity index (χ1) is 5.04. The smallest absolute Gasteiger partial charge is 0.337 e.